The summed E-state index contributed by atoms with van der Waals surface area (Å²) in [6.07, 6.45) is 0. The minimum absolute atomic E-state index is 0.0753. The van der Waals surface area contributed by atoms with Gasteiger partial charge in [-0.15, -0.1) is 22.7 Å². The number of anilines is 6. The molecule has 0 unspecified atom stereocenters. The first kappa shape index (κ1) is 42.3. The molecule has 0 amide bonds. The summed E-state index contributed by atoms with van der Waals surface area (Å²) in [4.78, 5) is 5.04. The van der Waals surface area contributed by atoms with E-state index in [2.05, 4.69) is 228 Å². The average molecular weight is 933 g/mol. The standard InChI is InChI=1S/C62H53BN2O2S2/c1-60(2,3)38-24-26-51-45(30-38)56-58(66-51)63-55-49(64(56)41-18-14-16-36(28-41)47-34-68-53-22-12-10-20-43(47)53)32-40(62(7,8)9)33-50(55)65(57-46-31-39(61(4,5)6)25-27-52(46)67-59(57)63)42-19-15-17-37(29-42)48-35-69-54-23-13-11-21-44(48)54/h10-35H,1-9H3. The third kappa shape index (κ3) is 6.53. The summed E-state index contributed by atoms with van der Waals surface area (Å²) in [5, 5.41) is 9.37. The van der Waals surface area contributed by atoms with Crippen LogP contribution in [-0.4, -0.2) is 6.71 Å². The summed E-state index contributed by atoms with van der Waals surface area (Å²) in [6.45, 7) is 20.5. The van der Waals surface area contributed by atoms with E-state index < -0.39 is 0 Å². The maximum atomic E-state index is 7.38. The molecule has 4 aromatic heterocycles. The molecule has 4 nitrogen and oxygen atoms in total. The number of furan rings is 2. The zero-order chi connectivity index (χ0) is 47.3. The number of nitrogens with zero attached hydrogens (tertiary/aromatic N) is 2. The predicted octanol–water partition coefficient (Wildman–Crippen LogP) is 16.9. The molecule has 0 aliphatic carbocycles. The molecule has 6 heterocycles. The van der Waals surface area contributed by atoms with E-state index in [-0.39, 0.29) is 23.0 Å². The third-order valence-corrected chi connectivity index (χ3v) is 16.6. The van der Waals surface area contributed by atoms with Gasteiger partial charge in [-0.1, -0.05) is 135 Å². The first-order valence-electron chi connectivity index (χ1n) is 24.2. The van der Waals surface area contributed by atoms with Gasteiger partial charge in [0, 0.05) is 64.8 Å². The Labute approximate surface area is 412 Å². The summed E-state index contributed by atoms with van der Waals surface area (Å²) < 4.78 is 17.3. The van der Waals surface area contributed by atoms with Crippen LogP contribution < -0.4 is 26.6 Å². The number of thiophene rings is 2. The fourth-order valence-electron chi connectivity index (χ4n) is 10.9. The van der Waals surface area contributed by atoms with E-state index in [1.807, 2.05) is 0 Å². The highest BCUT2D eigenvalue weighted by molar-refractivity contribution is 7.18. The van der Waals surface area contributed by atoms with E-state index in [0.717, 1.165) is 67.4 Å². The van der Waals surface area contributed by atoms with Crippen LogP contribution in [0, 0.1) is 0 Å². The van der Waals surface area contributed by atoms with Gasteiger partial charge in [-0.3, -0.25) is 0 Å². The van der Waals surface area contributed by atoms with Gasteiger partial charge in [-0.05, 0) is 133 Å². The van der Waals surface area contributed by atoms with E-state index in [9.17, 15) is 0 Å². The molecule has 0 radical (unpaired) electrons. The van der Waals surface area contributed by atoms with Crippen LogP contribution in [-0.2, 0) is 16.2 Å². The van der Waals surface area contributed by atoms with Crippen molar-refractivity contribution in [1.82, 2.24) is 0 Å². The molecule has 0 saturated heterocycles. The van der Waals surface area contributed by atoms with E-state index >= 15 is 0 Å². The van der Waals surface area contributed by atoms with Crippen LogP contribution in [0.1, 0.15) is 79.0 Å². The molecule has 7 heteroatoms. The quantitative estimate of drug-likeness (QED) is 0.165. The largest absolute Gasteiger partial charge is 0.468 e. The second kappa shape index (κ2) is 14.9. The van der Waals surface area contributed by atoms with Crippen LogP contribution in [0.4, 0.5) is 34.1 Å². The van der Waals surface area contributed by atoms with Crippen LogP contribution in [0.3, 0.4) is 0 Å². The molecule has 2 aliphatic rings. The molecule has 0 N–H and O–H groups in total. The first-order valence-corrected chi connectivity index (χ1v) is 25.9. The topological polar surface area (TPSA) is 32.8 Å². The highest BCUT2D eigenvalue weighted by Gasteiger charge is 2.50. The van der Waals surface area contributed by atoms with Crippen molar-refractivity contribution >= 4 is 122 Å². The summed E-state index contributed by atoms with van der Waals surface area (Å²) in [6, 6.07) is 54.3. The van der Waals surface area contributed by atoms with Crippen LogP contribution in [0.25, 0.3) is 64.4 Å². The molecule has 11 aromatic rings. The number of hydrogen-bond donors (Lipinski definition) is 0. The zero-order valence-corrected chi connectivity index (χ0v) is 42.2. The Hall–Kier alpha value is -6.80. The molecule has 69 heavy (non-hydrogen) atoms. The van der Waals surface area contributed by atoms with Crippen molar-refractivity contribution in [3.05, 3.63) is 173 Å². The molecular weight excluding hydrogens is 880 g/mol. The van der Waals surface area contributed by atoms with Crippen molar-refractivity contribution in [3.8, 4) is 22.3 Å². The zero-order valence-electron chi connectivity index (χ0n) is 40.6. The lowest BCUT2D eigenvalue weighted by Crippen LogP contribution is -2.60. The van der Waals surface area contributed by atoms with Gasteiger partial charge in [0.2, 0.25) is 0 Å². The Morgan fingerprint density at radius 3 is 1.29 bits per heavy atom. The van der Waals surface area contributed by atoms with E-state index in [4.69, 9.17) is 8.83 Å². The van der Waals surface area contributed by atoms with Gasteiger partial charge in [0.05, 0.1) is 11.4 Å². The van der Waals surface area contributed by atoms with Gasteiger partial charge in [-0.25, -0.2) is 0 Å². The minimum atomic E-state index is -0.328. The van der Waals surface area contributed by atoms with Gasteiger partial charge in [0.25, 0.3) is 0 Å². The molecular formula is C62H53BN2O2S2. The Morgan fingerprint density at radius 2 is 0.855 bits per heavy atom. The molecule has 13 rings (SSSR count). The fourth-order valence-corrected chi connectivity index (χ4v) is 12.8. The highest BCUT2D eigenvalue weighted by Crippen LogP contribution is 2.52. The number of rotatable bonds is 4. The molecule has 0 saturated carbocycles. The Balaban J connectivity index is 1.15. The first-order chi connectivity index (χ1) is 33.1. The SMILES string of the molecule is CC(C)(C)c1cc2c3c(c1)N(c1cccc(-c4csc5ccccc45)c1)c1c(oc4ccc(C(C)(C)C)cc14)B3c1oc3ccc(C(C)(C)C)cc3c1N2c1cccc(-c2csc3ccccc23)c1. The molecule has 0 fully saturated rings. The Bertz CT molecular complexity index is 3660. The smallest absolute Gasteiger partial charge is 0.342 e. The van der Waals surface area contributed by atoms with Gasteiger partial charge in [-0.2, -0.15) is 0 Å². The lowest BCUT2D eigenvalue weighted by Gasteiger charge is -2.42. The third-order valence-electron chi connectivity index (χ3n) is 14.6. The molecule has 7 aromatic carbocycles. The number of fused-ring (bicyclic) bond motifs is 10. The van der Waals surface area contributed by atoms with Crippen LogP contribution >= 0.6 is 22.7 Å². The average Bonchev–Trinajstić information content (AvgIpc) is 4.13. The molecule has 0 bridgehead atoms. The van der Waals surface area contributed by atoms with E-state index in [1.54, 1.807) is 22.7 Å². The summed E-state index contributed by atoms with van der Waals surface area (Å²) in [5.74, 6) is 0. The molecule has 338 valence electrons. The van der Waals surface area contributed by atoms with Crippen LogP contribution in [0.5, 0.6) is 0 Å². The van der Waals surface area contributed by atoms with Gasteiger partial charge >= 0.3 is 6.71 Å². The predicted molar refractivity (Wildman–Crippen MR) is 298 cm³/mol. The van der Waals surface area contributed by atoms with Crippen molar-refractivity contribution in [3.63, 3.8) is 0 Å². The van der Waals surface area contributed by atoms with Crippen LogP contribution in [0.15, 0.2) is 165 Å². The second-order valence-corrected chi connectivity index (χ2v) is 24.0. The fraction of sp³-hybridized carbons (Fsp3) is 0.194. The van der Waals surface area contributed by atoms with Gasteiger partial charge in [0.15, 0.2) is 0 Å². The normalized spacial score (nSPS) is 13.8. The van der Waals surface area contributed by atoms with Crippen LogP contribution in [0.2, 0.25) is 0 Å². The van der Waals surface area contributed by atoms with Gasteiger partial charge < -0.3 is 18.6 Å². The molecule has 0 spiro atoms. The van der Waals surface area contributed by atoms with Crippen molar-refractivity contribution in [2.75, 3.05) is 9.80 Å². The second-order valence-electron chi connectivity index (χ2n) is 22.2. The van der Waals surface area contributed by atoms with E-state index in [0.29, 0.717) is 0 Å². The monoisotopic (exact) mass is 932 g/mol. The lowest BCUT2D eigenvalue weighted by atomic mass is 9.37. The maximum absolute atomic E-state index is 7.38. The lowest BCUT2D eigenvalue weighted by molar-refractivity contribution is 0.590. The summed E-state index contributed by atoms with van der Waals surface area (Å²) in [7, 11) is 0. The summed E-state index contributed by atoms with van der Waals surface area (Å²) >= 11 is 3.61. The number of benzene rings is 7. The van der Waals surface area contributed by atoms with Crippen molar-refractivity contribution in [2.45, 2.75) is 78.6 Å². The Kier molecular flexibility index (Phi) is 9.11. The van der Waals surface area contributed by atoms with Gasteiger partial charge in [0.1, 0.15) is 22.5 Å². The maximum Gasteiger partial charge on any atom is 0.342 e. The highest BCUT2D eigenvalue weighted by atomic mass is 32.1. The number of hydrogen-bond acceptors (Lipinski definition) is 6. The molecule has 0 atom stereocenters. The van der Waals surface area contributed by atoms with Crippen molar-refractivity contribution in [1.29, 1.82) is 0 Å². The van der Waals surface area contributed by atoms with E-state index in [1.165, 1.54) is 64.6 Å². The summed E-state index contributed by atoms with van der Waals surface area (Å²) in [5.41, 5.74) is 19.6. The minimum Gasteiger partial charge on any atom is -0.468 e. The van der Waals surface area contributed by atoms with Crippen molar-refractivity contribution in [2.24, 2.45) is 0 Å². The molecule has 2 aliphatic heterocycles. The van der Waals surface area contributed by atoms with Crippen molar-refractivity contribution < 1.29 is 8.83 Å². The Morgan fingerprint density at radius 1 is 0.420 bits per heavy atom.